The average molecular weight is 280 g/mol. The van der Waals surface area contributed by atoms with E-state index in [2.05, 4.69) is 22.6 Å². The molecule has 0 atom stereocenters. The lowest BCUT2D eigenvalue weighted by atomic mass is 10.2. The van der Waals surface area contributed by atoms with Crippen LogP contribution < -0.4 is 0 Å². The Labute approximate surface area is 83.9 Å². The van der Waals surface area contributed by atoms with Crippen molar-refractivity contribution >= 4 is 40.0 Å². The molecule has 0 amide bonds. The van der Waals surface area contributed by atoms with Crippen molar-refractivity contribution < 1.29 is 4.79 Å². The molecule has 1 rings (SSSR count). The molecule has 0 heterocycles. The van der Waals surface area contributed by atoms with E-state index in [1.54, 1.807) is 25.1 Å². The minimum atomic E-state index is 0.0751. The number of Topliss-reactive ketones (excluding diaryl/α,β-unsaturated/α-hetero) is 1. The molecule has 0 saturated carbocycles. The fourth-order valence-electron chi connectivity index (χ4n) is 0.775. The summed E-state index contributed by atoms with van der Waals surface area (Å²) in [5.41, 5.74) is 0.731. The number of carbonyl (C=O) groups excluding carboxylic acids is 1. The highest BCUT2D eigenvalue weighted by molar-refractivity contribution is 14.1. The smallest absolute Gasteiger partial charge is 0.160 e. The zero-order valence-electron chi connectivity index (χ0n) is 5.90. The minimum Gasteiger partial charge on any atom is -0.294 e. The van der Waals surface area contributed by atoms with Crippen LogP contribution in [-0.2, 0) is 0 Å². The van der Waals surface area contributed by atoms with E-state index in [1.807, 2.05) is 0 Å². The van der Waals surface area contributed by atoms with E-state index in [9.17, 15) is 4.79 Å². The van der Waals surface area contributed by atoms with Gasteiger partial charge in [0.1, 0.15) is 0 Å². The fraction of sp³-hybridized carbons (Fsp3) is 0.125. The third kappa shape index (κ3) is 2.17. The summed E-state index contributed by atoms with van der Waals surface area (Å²) in [6.07, 6.45) is 0. The van der Waals surface area contributed by atoms with E-state index in [4.69, 9.17) is 11.6 Å². The summed E-state index contributed by atoms with van der Waals surface area (Å²) < 4.78 is 0.905. The first-order valence-electron chi connectivity index (χ1n) is 3.07. The molecule has 0 N–H and O–H groups in total. The Morgan fingerprint density at radius 2 is 2.18 bits per heavy atom. The van der Waals surface area contributed by atoms with Crippen LogP contribution in [0.25, 0.3) is 0 Å². The van der Waals surface area contributed by atoms with Gasteiger partial charge in [-0.1, -0.05) is 11.6 Å². The number of benzene rings is 1. The highest BCUT2D eigenvalue weighted by Crippen LogP contribution is 2.17. The van der Waals surface area contributed by atoms with Crippen LogP contribution in [0.15, 0.2) is 18.2 Å². The number of hydrogen-bond donors (Lipinski definition) is 0. The van der Waals surface area contributed by atoms with Crippen LogP contribution in [0.1, 0.15) is 17.3 Å². The van der Waals surface area contributed by atoms with Crippen LogP contribution in [0.2, 0.25) is 5.02 Å². The maximum Gasteiger partial charge on any atom is 0.160 e. The predicted molar refractivity (Wildman–Crippen MR) is 54.2 cm³/mol. The maximum atomic E-state index is 10.9. The Kier molecular flexibility index (Phi) is 2.90. The topological polar surface area (TPSA) is 17.1 Å². The normalized spacial score (nSPS) is 9.73. The summed E-state index contributed by atoms with van der Waals surface area (Å²) in [7, 11) is 0. The zero-order valence-corrected chi connectivity index (χ0v) is 8.81. The van der Waals surface area contributed by atoms with Gasteiger partial charge < -0.3 is 0 Å². The Bertz CT molecular complexity index is 296. The Hall–Kier alpha value is -0.0900. The van der Waals surface area contributed by atoms with Crippen molar-refractivity contribution in [3.05, 3.63) is 32.4 Å². The average Bonchev–Trinajstić information content (AvgIpc) is 1.85. The second-order valence-electron chi connectivity index (χ2n) is 2.18. The van der Waals surface area contributed by atoms with Gasteiger partial charge in [0.15, 0.2) is 5.78 Å². The minimum absolute atomic E-state index is 0.0751. The Morgan fingerprint density at radius 3 is 2.64 bits per heavy atom. The van der Waals surface area contributed by atoms with Crippen molar-refractivity contribution in [2.24, 2.45) is 0 Å². The number of halogens is 2. The summed E-state index contributed by atoms with van der Waals surface area (Å²) in [6, 6.07) is 5.24. The van der Waals surface area contributed by atoms with Gasteiger partial charge in [-0.2, -0.15) is 0 Å². The SMILES string of the molecule is CC(=O)c1ccc(Cl)cc1I. The molecule has 0 saturated heterocycles. The molecule has 0 aliphatic carbocycles. The molecule has 11 heavy (non-hydrogen) atoms. The van der Waals surface area contributed by atoms with Gasteiger partial charge in [-0.3, -0.25) is 4.79 Å². The van der Waals surface area contributed by atoms with E-state index in [0.29, 0.717) is 5.02 Å². The second-order valence-corrected chi connectivity index (χ2v) is 3.78. The third-order valence-corrected chi connectivity index (χ3v) is 2.44. The van der Waals surface area contributed by atoms with E-state index >= 15 is 0 Å². The molecule has 0 spiro atoms. The van der Waals surface area contributed by atoms with Crippen molar-refractivity contribution in [3.8, 4) is 0 Å². The standard InChI is InChI=1S/C8H6ClIO/c1-5(11)7-3-2-6(9)4-8(7)10/h2-4H,1H3. The molecule has 0 radical (unpaired) electrons. The summed E-state index contributed by atoms with van der Waals surface area (Å²) in [6.45, 7) is 1.55. The van der Waals surface area contributed by atoms with Gasteiger partial charge in [-0.25, -0.2) is 0 Å². The number of ketones is 1. The molecule has 0 aromatic heterocycles. The Morgan fingerprint density at radius 1 is 1.55 bits per heavy atom. The van der Waals surface area contributed by atoms with Gasteiger partial charge in [0.25, 0.3) is 0 Å². The van der Waals surface area contributed by atoms with Crippen molar-refractivity contribution in [2.75, 3.05) is 0 Å². The molecular weight excluding hydrogens is 274 g/mol. The molecule has 0 aliphatic rings. The summed E-state index contributed by atoms with van der Waals surface area (Å²) in [5.74, 6) is 0.0751. The molecule has 1 aromatic carbocycles. The molecule has 0 unspecified atom stereocenters. The first-order chi connectivity index (χ1) is 5.11. The summed E-state index contributed by atoms with van der Waals surface area (Å²) in [4.78, 5) is 10.9. The summed E-state index contributed by atoms with van der Waals surface area (Å²) in [5, 5.41) is 0.666. The van der Waals surface area contributed by atoms with Crippen molar-refractivity contribution in [2.45, 2.75) is 6.92 Å². The first kappa shape index (κ1) is 9.00. The van der Waals surface area contributed by atoms with Gasteiger partial charge in [-0.15, -0.1) is 0 Å². The Balaban J connectivity index is 3.20. The molecule has 0 fully saturated rings. The monoisotopic (exact) mass is 280 g/mol. The largest absolute Gasteiger partial charge is 0.294 e. The van der Waals surface area contributed by atoms with Crippen molar-refractivity contribution in [1.29, 1.82) is 0 Å². The summed E-state index contributed by atoms with van der Waals surface area (Å²) >= 11 is 7.80. The lowest BCUT2D eigenvalue weighted by molar-refractivity contribution is 0.101. The molecular formula is C8H6ClIO. The van der Waals surface area contributed by atoms with Crippen LogP contribution in [0, 0.1) is 3.57 Å². The first-order valence-corrected chi connectivity index (χ1v) is 4.53. The van der Waals surface area contributed by atoms with Gasteiger partial charge in [0.05, 0.1) is 0 Å². The molecule has 1 nitrogen and oxygen atoms in total. The van der Waals surface area contributed by atoms with Gasteiger partial charge >= 0.3 is 0 Å². The molecule has 3 heteroatoms. The van der Waals surface area contributed by atoms with E-state index < -0.39 is 0 Å². The van der Waals surface area contributed by atoms with Gasteiger partial charge in [0.2, 0.25) is 0 Å². The highest BCUT2D eigenvalue weighted by atomic mass is 127. The van der Waals surface area contributed by atoms with Crippen LogP contribution in [-0.4, -0.2) is 5.78 Å². The fourth-order valence-corrected chi connectivity index (χ4v) is 2.03. The lowest BCUT2D eigenvalue weighted by Crippen LogP contribution is -1.94. The van der Waals surface area contributed by atoms with Crippen LogP contribution in [0.4, 0.5) is 0 Å². The quantitative estimate of drug-likeness (QED) is 0.570. The van der Waals surface area contributed by atoms with Crippen LogP contribution >= 0.6 is 34.2 Å². The molecule has 58 valence electrons. The van der Waals surface area contributed by atoms with Gasteiger partial charge in [-0.05, 0) is 47.7 Å². The molecule has 0 aliphatic heterocycles. The van der Waals surface area contributed by atoms with Crippen molar-refractivity contribution in [1.82, 2.24) is 0 Å². The maximum absolute atomic E-state index is 10.9. The highest BCUT2D eigenvalue weighted by Gasteiger charge is 2.03. The van der Waals surface area contributed by atoms with Gasteiger partial charge in [0, 0.05) is 14.2 Å². The molecule has 1 aromatic rings. The van der Waals surface area contributed by atoms with Crippen LogP contribution in [0.3, 0.4) is 0 Å². The van der Waals surface area contributed by atoms with E-state index in [0.717, 1.165) is 9.13 Å². The number of rotatable bonds is 1. The molecule has 0 bridgehead atoms. The number of hydrogen-bond acceptors (Lipinski definition) is 1. The third-order valence-electron chi connectivity index (χ3n) is 1.31. The second kappa shape index (κ2) is 3.54. The predicted octanol–water partition coefficient (Wildman–Crippen LogP) is 3.15. The van der Waals surface area contributed by atoms with Crippen molar-refractivity contribution in [3.63, 3.8) is 0 Å². The van der Waals surface area contributed by atoms with E-state index in [-0.39, 0.29) is 5.78 Å². The lowest BCUT2D eigenvalue weighted by Gasteiger charge is -1.98. The zero-order chi connectivity index (χ0) is 8.43. The van der Waals surface area contributed by atoms with Crippen LogP contribution in [0.5, 0.6) is 0 Å². The number of carbonyl (C=O) groups is 1. The van der Waals surface area contributed by atoms with E-state index in [1.165, 1.54) is 0 Å².